The number of para-hydroxylation sites is 1. The zero-order chi connectivity index (χ0) is 16.4. The normalized spacial score (nSPS) is 11.2. The van der Waals surface area contributed by atoms with Crippen molar-refractivity contribution in [3.63, 3.8) is 0 Å². The smallest absolute Gasteiger partial charge is 0.171 e. The summed E-state index contributed by atoms with van der Waals surface area (Å²) in [5.74, 6) is 2.18. The summed E-state index contributed by atoms with van der Waals surface area (Å²) in [5, 5.41) is 9.65. The maximum absolute atomic E-state index is 5.65. The predicted octanol–water partition coefficient (Wildman–Crippen LogP) is 3.95. The first-order chi connectivity index (χ1) is 11.9. The van der Waals surface area contributed by atoms with E-state index in [0.29, 0.717) is 12.5 Å². The molecule has 0 atom stereocenters. The van der Waals surface area contributed by atoms with E-state index in [1.807, 2.05) is 52.9 Å². The number of alkyl halides is 1. The standard InChI is InChI=1S/C18H15ClN4O/c19-10-3-11-24-14-8-6-13(7-9-14)17-21-22-18-15-4-1-2-5-16(15)20-12-23(17)18/h1-2,4-9,12H,3,10-11H2. The monoisotopic (exact) mass is 338 g/mol. The molecule has 0 radical (unpaired) electrons. The quantitative estimate of drug-likeness (QED) is 0.408. The van der Waals surface area contributed by atoms with E-state index in [2.05, 4.69) is 15.2 Å². The predicted molar refractivity (Wildman–Crippen MR) is 94.6 cm³/mol. The van der Waals surface area contributed by atoms with Crippen LogP contribution in [0.1, 0.15) is 6.42 Å². The van der Waals surface area contributed by atoms with Crippen molar-refractivity contribution in [2.75, 3.05) is 12.5 Å². The molecule has 0 aliphatic rings. The van der Waals surface area contributed by atoms with Gasteiger partial charge in [0.1, 0.15) is 12.1 Å². The van der Waals surface area contributed by atoms with Crippen LogP contribution in [0.5, 0.6) is 5.75 Å². The van der Waals surface area contributed by atoms with Crippen molar-refractivity contribution < 1.29 is 4.74 Å². The summed E-state index contributed by atoms with van der Waals surface area (Å²) in [7, 11) is 0. The molecule has 24 heavy (non-hydrogen) atoms. The molecule has 0 spiro atoms. The molecule has 0 bridgehead atoms. The number of nitrogens with zero attached hydrogens (tertiary/aromatic N) is 4. The molecule has 4 rings (SSSR count). The topological polar surface area (TPSA) is 52.3 Å². The van der Waals surface area contributed by atoms with Crippen LogP contribution in [-0.2, 0) is 0 Å². The number of hydrogen-bond donors (Lipinski definition) is 0. The molecular formula is C18H15ClN4O. The number of hydrogen-bond acceptors (Lipinski definition) is 4. The Hall–Kier alpha value is -2.66. The third-order valence-electron chi connectivity index (χ3n) is 3.81. The van der Waals surface area contributed by atoms with Gasteiger partial charge in [-0.2, -0.15) is 0 Å². The van der Waals surface area contributed by atoms with Gasteiger partial charge in [-0.05, 0) is 42.8 Å². The largest absolute Gasteiger partial charge is 0.494 e. The van der Waals surface area contributed by atoms with Gasteiger partial charge < -0.3 is 4.74 Å². The minimum atomic E-state index is 0.602. The second kappa shape index (κ2) is 6.45. The van der Waals surface area contributed by atoms with Crippen molar-refractivity contribution in [2.24, 2.45) is 0 Å². The Labute approximate surface area is 143 Å². The molecule has 0 aliphatic carbocycles. The molecule has 0 fully saturated rings. The molecule has 2 heterocycles. The van der Waals surface area contributed by atoms with Gasteiger partial charge in [0.05, 0.1) is 12.1 Å². The van der Waals surface area contributed by atoms with Gasteiger partial charge in [-0.3, -0.25) is 4.40 Å². The Morgan fingerprint density at radius 1 is 1.00 bits per heavy atom. The zero-order valence-corrected chi connectivity index (χ0v) is 13.6. The van der Waals surface area contributed by atoms with Crippen LogP contribution in [0.15, 0.2) is 54.9 Å². The molecule has 0 saturated heterocycles. The molecule has 120 valence electrons. The van der Waals surface area contributed by atoms with Crippen LogP contribution in [0.2, 0.25) is 0 Å². The van der Waals surface area contributed by atoms with E-state index in [-0.39, 0.29) is 0 Å². The average Bonchev–Trinajstić information content (AvgIpc) is 3.07. The Morgan fingerprint density at radius 3 is 2.67 bits per heavy atom. The highest BCUT2D eigenvalue weighted by Gasteiger charge is 2.11. The molecular weight excluding hydrogens is 324 g/mol. The van der Waals surface area contributed by atoms with Crippen molar-refractivity contribution in [1.82, 2.24) is 19.6 Å². The zero-order valence-electron chi connectivity index (χ0n) is 12.9. The van der Waals surface area contributed by atoms with Crippen LogP contribution in [0.3, 0.4) is 0 Å². The van der Waals surface area contributed by atoms with Crippen LogP contribution in [0, 0.1) is 0 Å². The number of benzene rings is 2. The number of halogens is 1. The molecule has 0 amide bonds. The average molecular weight is 339 g/mol. The fourth-order valence-corrected chi connectivity index (χ4v) is 2.73. The second-order valence-corrected chi connectivity index (χ2v) is 5.77. The van der Waals surface area contributed by atoms with Crippen molar-refractivity contribution in [3.8, 4) is 17.1 Å². The van der Waals surface area contributed by atoms with Gasteiger partial charge in [0.15, 0.2) is 11.5 Å². The number of ether oxygens (including phenoxy) is 1. The van der Waals surface area contributed by atoms with Gasteiger partial charge >= 0.3 is 0 Å². The van der Waals surface area contributed by atoms with Gasteiger partial charge in [0.2, 0.25) is 0 Å². The summed E-state index contributed by atoms with van der Waals surface area (Å²) in [6.07, 6.45) is 2.59. The molecule has 2 aromatic carbocycles. The Balaban J connectivity index is 1.70. The lowest BCUT2D eigenvalue weighted by Gasteiger charge is -2.06. The summed E-state index contributed by atoms with van der Waals surface area (Å²) in [6, 6.07) is 15.7. The minimum absolute atomic E-state index is 0.602. The lowest BCUT2D eigenvalue weighted by molar-refractivity contribution is 0.318. The van der Waals surface area contributed by atoms with Gasteiger partial charge in [-0.15, -0.1) is 21.8 Å². The van der Waals surface area contributed by atoms with E-state index in [4.69, 9.17) is 16.3 Å². The van der Waals surface area contributed by atoms with Crippen molar-refractivity contribution in [3.05, 3.63) is 54.9 Å². The highest BCUT2D eigenvalue weighted by molar-refractivity contribution is 6.17. The molecule has 4 aromatic rings. The van der Waals surface area contributed by atoms with Crippen LogP contribution < -0.4 is 4.74 Å². The second-order valence-electron chi connectivity index (χ2n) is 5.39. The summed E-state index contributed by atoms with van der Waals surface area (Å²) >= 11 is 5.65. The molecule has 0 saturated carbocycles. The molecule has 0 aliphatic heterocycles. The fourth-order valence-electron chi connectivity index (χ4n) is 2.62. The lowest BCUT2D eigenvalue weighted by atomic mass is 10.2. The van der Waals surface area contributed by atoms with Crippen LogP contribution in [0.25, 0.3) is 27.9 Å². The van der Waals surface area contributed by atoms with E-state index < -0.39 is 0 Å². The van der Waals surface area contributed by atoms with Crippen molar-refractivity contribution >= 4 is 28.2 Å². The van der Waals surface area contributed by atoms with Crippen molar-refractivity contribution in [2.45, 2.75) is 6.42 Å². The van der Waals surface area contributed by atoms with E-state index in [1.54, 1.807) is 6.33 Å². The van der Waals surface area contributed by atoms with Crippen LogP contribution in [0.4, 0.5) is 0 Å². The van der Waals surface area contributed by atoms with E-state index in [9.17, 15) is 0 Å². The van der Waals surface area contributed by atoms with E-state index in [1.165, 1.54) is 0 Å². The Bertz CT molecular complexity index is 981. The maximum Gasteiger partial charge on any atom is 0.171 e. The van der Waals surface area contributed by atoms with Gasteiger partial charge in [-0.1, -0.05) is 12.1 Å². The highest BCUT2D eigenvalue weighted by atomic mass is 35.5. The first-order valence-electron chi connectivity index (χ1n) is 7.74. The third-order valence-corrected chi connectivity index (χ3v) is 4.08. The summed E-state index contributed by atoms with van der Waals surface area (Å²) in [4.78, 5) is 4.48. The number of aromatic nitrogens is 4. The maximum atomic E-state index is 5.65. The first kappa shape index (κ1) is 14.9. The molecule has 0 N–H and O–H groups in total. The molecule has 2 aromatic heterocycles. The SMILES string of the molecule is ClCCCOc1ccc(-c2nnc3c4ccccc4ncn23)cc1. The van der Waals surface area contributed by atoms with Crippen LogP contribution in [-0.4, -0.2) is 32.1 Å². The summed E-state index contributed by atoms with van der Waals surface area (Å²) in [6.45, 7) is 0.618. The Kier molecular flexibility index (Phi) is 4.01. The minimum Gasteiger partial charge on any atom is -0.494 e. The Morgan fingerprint density at radius 2 is 1.83 bits per heavy atom. The van der Waals surface area contributed by atoms with E-state index in [0.717, 1.165) is 40.1 Å². The van der Waals surface area contributed by atoms with Gasteiger partial charge in [0, 0.05) is 16.8 Å². The fraction of sp³-hybridized carbons (Fsp3) is 0.167. The lowest BCUT2D eigenvalue weighted by Crippen LogP contribution is -1.97. The number of fused-ring (bicyclic) bond motifs is 3. The van der Waals surface area contributed by atoms with Crippen LogP contribution >= 0.6 is 11.6 Å². The summed E-state index contributed by atoms with van der Waals surface area (Å²) < 4.78 is 7.53. The third kappa shape index (κ3) is 2.67. The van der Waals surface area contributed by atoms with Crippen molar-refractivity contribution in [1.29, 1.82) is 0 Å². The van der Waals surface area contributed by atoms with E-state index >= 15 is 0 Å². The van der Waals surface area contributed by atoms with Gasteiger partial charge in [-0.25, -0.2) is 4.98 Å². The summed E-state index contributed by atoms with van der Waals surface area (Å²) in [5.41, 5.74) is 2.68. The molecule has 5 nitrogen and oxygen atoms in total. The molecule has 6 heteroatoms. The van der Waals surface area contributed by atoms with Gasteiger partial charge in [0.25, 0.3) is 0 Å². The first-order valence-corrected chi connectivity index (χ1v) is 8.28. The highest BCUT2D eigenvalue weighted by Crippen LogP contribution is 2.24. The number of rotatable bonds is 5. The molecule has 0 unspecified atom stereocenters.